The van der Waals surface area contributed by atoms with Gasteiger partial charge in [-0.2, -0.15) is 25.0 Å². The van der Waals surface area contributed by atoms with Crippen LogP contribution in [-0.4, -0.2) is 119 Å². The number of nitrogens with zero attached hydrogens (tertiary/aromatic N) is 11. The lowest BCUT2D eigenvalue weighted by atomic mass is 10.2. The van der Waals surface area contributed by atoms with Gasteiger partial charge in [0, 0.05) is 0 Å². The highest BCUT2D eigenvalue weighted by Gasteiger charge is 1.89. The van der Waals surface area contributed by atoms with Crippen LogP contribution in [0.1, 0.15) is 51.9 Å². The molecule has 290 valence electrons. The third-order valence-corrected chi connectivity index (χ3v) is 4.69. The molecule has 1 aromatic rings. The molecule has 0 saturated carbocycles. The third-order valence-electron chi connectivity index (χ3n) is 4.69. The number of carbonyl (C=O) groups excluding carboxylic acids is 11. The second-order valence-electron chi connectivity index (χ2n) is 8.56. The average molecular weight is 764 g/mol. The number of hydrogen-bond donors (Lipinski definition) is 0. The Morgan fingerprint density at radius 3 is 0.982 bits per heavy atom. The van der Waals surface area contributed by atoms with Gasteiger partial charge in [0.1, 0.15) is 0 Å². The summed E-state index contributed by atoms with van der Waals surface area (Å²) in [5.41, 5.74) is 0.646. The highest BCUT2D eigenvalue weighted by atomic mass is 16.1. The van der Waals surface area contributed by atoms with E-state index in [0.717, 1.165) is 38.5 Å². The monoisotopic (exact) mass is 763 g/mol. The third kappa shape index (κ3) is 73.0. The average Bonchev–Trinajstić information content (AvgIpc) is 3.20. The zero-order valence-electron chi connectivity index (χ0n) is 29.8. The molecule has 0 radical (unpaired) electrons. The van der Waals surface area contributed by atoms with Crippen molar-refractivity contribution in [3.63, 3.8) is 0 Å². The summed E-state index contributed by atoms with van der Waals surface area (Å²) in [6.45, 7) is 4.14. The van der Waals surface area contributed by atoms with Gasteiger partial charge in [-0.05, 0) is 51.2 Å². The number of isocyanates is 11. The summed E-state index contributed by atoms with van der Waals surface area (Å²) in [5, 5.41) is 0. The van der Waals surface area contributed by atoms with Crippen LogP contribution in [0.15, 0.2) is 85.2 Å². The van der Waals surface area contributed by atoms with Crippen LogP contribution in [0.2, 0.25) is 0 Å². The minimum absolute atomic E-state index is 0.160. The zero-order chi connectivity index (χ0) is 42.1. The maximum absolute atomic E-state index is 9.68. The number of hydrogen-bond acceptors (Lipinski definition) is 22. The Morgan fingerprint density at radius 1 is 0.382 bits per heavy atom. The van der Waals surface area contributed by atoms with Crippen molar-refractivity contribution in [2.45, 2.75) is 58.0 Å². The maximum Gasteiger partial charge on any atom is 0.240 e. The van der Waals surface area contributed by atoms with Crippen molar-refractivity contribution in [2.75, 3.05) is 45.9 Å². The fourth-order valence-electron chi connectivity index (χ4n) is 2.45. The van der Waals surface area contributed by atoms with E-state index in [1.54, 1.807) is 12.1 Å². The molecule has 0 heterocycles. The van der Waals surface area contributed by atoms with Crippen LogP contribution in [0, 0.1) is 0 Å². The Morgan fingerprint density at radius 2 is 0.691 bits per heavy atom. The number of para-hydroxylation sites is 1. The quantitative estimate of drug-likeness (QED) is 0.0995. The molecule has 0 spiro atoms. The van der Waals surface area contributed by atoms with E-state index in [1.807, 2.05) is 18.2 Å². The summed E-state index contributed by atoms with van der Waals surface area (Å²) in [4.78, 5) is 139. The van der Waals surface area contributed by atoms with Gasteiger partial charge in [-0.1, -0.05) is 31.0 Å². The van der Waals surface area contributed by atoms with Crippen molar-refractivity contribution in [1.82, 2.24) is 0 Å². The molecule has 0 aliphatic carbocycles. The number of aliphatic imine (C=N–C) groups is 11. The van der Waals surface area contributed by atoms with Crippen molar-refractivity contribution in [2.24, 2.45) is 54.9 Å². The van der Waals surface area contributed by atoms with E-state index < -0.39 is 6.17 Å². The molecule has 0 aliphatic rings. The Hall–Kier alpha value is -7.60. The van der Waals surface area contributed by atoms with Crippen LogP contribution in [0.4, 0.5) is 5.69 Å². The van der Waals surface area contributed by atoms with Crippen LogP contribution in [0.25, 0.3) is 0 Å². The summed E-state index contributed by atoms with van der Waals surface area (Å²) >= 11 is 0. The zero-order valence-corrected chi connectivity index (χ0v) is 29.8. The first-order chi connectivity index (χ1) is 26.9. The Kier molecular flexibility index (Phi) is 63.6. The molecule has 0 aromatic heterocycles. The van der Waals surface area contributed by atoms with E-state index in [2.05, 4.69) is 54.9 Å². The molecule has 0 aliphatic heterocycles. The predicted octanol–water partition coefficient (Wildman–Crippen LogP) is 2.98. The lowest BCUT2D eigenvalue weighted by Crippen LogP contribution is -1.88. The van der Waals surface area contributed by atoms with Gasteiger partial charge < -0.3 is 0 Å². The van der Waals surface area contributed by atoms with Gasteiger partial charge in [0.2, 0.25) is 66.9 Å². The van der Waals surface area contributed by atoms with E-state index in [0.29, 0.717) is 51.4 Å². The molecule has 0 bridgehead atoms. The van der Waals surface area contributed by atoms with Crippen molar-refractivity contribution < 1.29 is 52.7 Å². The van der Waals surface area contributed by atoms with Crippen LogP contribution in [0.5, 0.6) is 0 Å². The molecule has 0 saturated heterocycles. The van der Waals surface area contributed by atoms with Gasteiger partial charge in [0.05, 0.1) is 45.0 Å². The molecule has 0 atom stereocenters. The van der Waals surface area contributed by atoms with E-state index >= 15 is 0 Å². The minimum atomic E-state index is -0.634. The first-order valence-corrected chi connectivity index (χ1v) is 15.5. The van der Waals surface area contributed by atoms with Crippen LogP contribution in [-0.2, 0) is 52.7 Å². The molecule has 0 fully saturated rings. The summed E-state index contributed by atoms with van der Waals surface area (Å²) in [6.07, 6.45) is 20.3. The highest BCUT2D eigenvalue weighted by Crippen LogP contribution is 2.07. The van der Waals surface area contributed by atoms with Gasteiger partial charge in [-0.25, -0.2) is 82.7 Å². The number of benzene rings is 1. The Labute approximate surface area is 314 Å². The molecular weight excluding hydrogens is 726 g/mol. The van der Waals surface area contributed by atoms with Gasteiger partial charge >= 0.3 is 0 Å². The molecule has 22 heteroatoms. The first kappa shape index (κ1) is 56.8. The minimum Gasteiger partial charge on any atom is -0.211 e. The Balaban J connectivity index is -0.000000183. The van der Waals surface area contributed by atoms with E-state index in [-0.39, 0.29) is 6.67 Å². The second kappa shape index (κ2) is 61.6. The van der Waals surface area contributed by atoms with Crippen molar-refractivity contribution in [1.29, 1.82) is 0 Å². The second-order valence-corrected chi connectivity index (χ2v) is 8.56. The van der Waals surface area contributed by atoms with Gasteiger partial charge in [0.25, 0.3) is 0 Å². The van der Waals surface area contributed by atoms with Gasteiger partial charge in [-0.3, -0.25) is 0 Å². The Bertz CT molecular complexity index is 1560. The summed E-state index contributed by atoms with van der Waals surface area (Å²) in [6, 6.07) is 8.98. The molecule has 1 rings (SSSR count). The largest absolute Gasteiger partial charge is 0.240 e. The summed E-state index contributed by atoms with van der Waals surface area (Å²) in [5.74, 6) is 0. The normalized spacial score (nSPS) is 7.95. The standard InChI is InChI=1S/C8H12N2O2.C7H5NO.C6H8N2O2.C5H6N2O2.C4H4N2O2.C3H2N2O2/c11-7-9-5-3-1-2-4-6-10-8-12;9-6-8-7-4-2-1-3-5-7;9-5-7-3-1-2-4-8-6-10;8-4-6-2-1-3-7-5-9;1-4(5-2-7)6-3-8;6-2-4-1-5-3-7/h1-6H2;1-5H;1-4H2;1-3H2;4H,1H3;1H2. The molecule has 1 aromatic carbocycles. The highest BCUT2D eigenvalue weighted by molar-refractivity contribution is 5.48. The molecule has 0 amide bonds. The van der Waals surface area contributed by atoms with Crippen molar-refractivity contribution in [3.8, 4) is 0 Å². The van der Waals surface area contributed by atoms with Crippen LogP contribution >= 0.6 is 0 Å². The van der Waals surface area contributed by atoms with Crippen molar-refractivity contribution >= 4 is 72.6 Å². The topological polar surface area (TPSA) is 324 Å². The van der Waals surface area contributed by atoms with Crippen LogP contribution in [0.3, 0.4) is 0 Å². The molecular formula is C33H37N11O11. The lowest BCUT2D eigenvalue weighted by molar-refractivity contribution is 0.552. The van der Waals surface area contributed by atoms with Gasteiger partial charge in [-0.15, -0.1) is 0 Å². The lowest BCUT2D eigenvalue weighted by Gasteiger charge is -1.93. The fraction of sp³-hybridized carbons (Fsp3) is 0.485. The maximum atomic E-state index is 9.68. The van der Waals surface area contributed by atoms with E-state index in [9.17, 15) is 52.7 Å². The van der Waals surface area contributed by atoms with Gasteiger partial charge in [0.15, 0.2) is 12.8 Å². The van der Waals surface area contributed by atoms with E-state index in [1.165, 1.54) is 73.8 Å². The number of rotatable bonds is 21. The molecule has 0 N–H and O–H groups in total. The molecule has 22 nitrogen and oxygen atoms in total. The molecule has 55 heavy (non-hydrogen) atoms. The number of unbranched alkanes of at least 4 members (excludes halogenated alkanes) is 4. The summed E-state index contributed by atoms with van der Waals surface area (Å²) in [7, 11) is 0. The van der Waals surface area contributed by atoms with Crippen molar-refractivity contribution in [3.05, 3.63) is 30.3 Å². The van der Waals surface area contributed by atoms with E-state index in [4.69, 9.17) is 0 Å². The SMILES string of the molecule is CC(N=C=O)N=C=O.O=C=NCCCCCCN=C=O.O=C=NCCCCN=C=O.O=C=NCCCN=C=O.O=C=NCN=C=O.O=C=Nc1ccccc1. The smallest absolute Gasteiger partial charge is 0.211 e. The molecule has 0 unspecified atom stereocenters. The first-order valence-electron chi connectivity index (χ1n) is 15.5. The predicted molar refractivity (Wildman–Crippen MR) is 191 cm³/mol. The van der Waals surface area contributed by atoms with Crippen LogP contribution < -0.4 is 0 Å². The fourth-order valence-corrected chi connectivity index (χ4v) is 2.45. The summed E-state index contributed by atoms with van der Waals surface area (Å²) < 4.78 is 0.